The van der Waals surface area contributed by atoms with Gasteiger partial charge in [-0.2, -0.15) is 0 Å². The molecule has 1 atom stereocenters. The van der Waals surface area contributed by atoms with Gasteiger partial charge in [0.05, 0.1) is 6.04 Å². The van der Waals surface area contributed by atoms with Gasteiger partial charge >= 0.3 is 5.63 Å². The van der Waals surface area contributed by atoms with E-state index in [1.807, 2.05) is 44.2 Å². The number of carbonyl (C=O) groups excluding carboxylic acids is 1. The summed E-state index contributed by atoms with van der Waals surface area (Å²) in [4.78, 5) is 24.6. The van der Waals surface area contributed by atoms with Crippen molar-refractivity contribution in [3.63, 3.8) is 0 Å². The molecular weight excluding hydrogens is 326 g/mol. The molecule has 1 unspecified atom stereocenters. The van der Waals surface area contributed by atoms with Gasteiger partial charge in [0.15, 0.2) is 0 Å². The largest absolute Gasteiger partial charge is 0.422 e. The number of hydrogen-bond acceptors (Lipinski definition) is 3. The zero-order valence-corrected chi connectivity index (χ0v) is 14.1. The second-order valence-electron chi connectivity index (χ2n) is 5.69. The lowest BCUT2D eigenvalue weighted by atomic mass is 10.1. The summed E-state index contributed by atoms with van der Waals surface area (Å²) in [5, 5.41) is 4.16. The Bertz CT molecular complexity index is 961. The molecule has 4 nitrogen and oxygen atoms in total. The molecule has 0 saturated heterocycles. The number of para-hydroxylation sites is 1. The number of aryl methyl sites for hydroxylation is 1. The molecule has 3 aromatic rings. The van der Waals surface area contributed by atoms with Crippen molar-refractivity contribution in [1.82, 2.24) is 5.32 Å². The van der Waals surface area contributed by atoms with Gasteiger partial charge in [0.2, 0.25) is 0 Å². The lowest BCUT2D eigenvalue weighted by Gasteiger charge is -2.14. The topological polar surface area (TPSA) is 59.3 Å². The Morgan fingerprint density at radius 1 is 1.17 bits per heavy atom. The van der Waals surface area contributed by atoms with Gasteiger partial charge in [-0.25, -0.2) is 4.79 Å². The van der Waals surface area contributed by atoms with E-state index in [9.17, 15) is 9.59 Å². The molecule has 0 radical (unpaired) electrons. The second-order valence-corrected chi connectivity index (χ2v) is 6.12. The van der Waals surface area contributed by atoms with Gasteiger partial charge in [-0.15, -0.1) is 0 Å². The van der Waals surface area contributed by atoms with Gasteiger partial charge in [-0.3, -0.25) is 4.79 Å². The number of benzene rings is 2. The van der Waals surface area contributed by atoms with E-state index in [2.05, 4.69) is 5.32 Å². The van der Waals surface area contributed by atoms with Crippen molar-refractivity contribution in [3.8, 4) is 0 Å². The zero-order valence-electron chi connectivity index (χ0n) is 13.3. The fraction of sp³-hybridized carbons (Fsp3) is 0.158. The van der Waals surface area contributed by atoms with Crippen LogP contribution >= 0.6 is 11.6 Å². The Hall–Kier alpha value is -2.59. The molecule has 1 amide bonds. The standard InChI is InChI=1S/C19H16ClNO3/c1-11-4-3-5-14-10-16(19(23)24-17(11)14)18(22)21-12(2)13-6-8-15(20)9-7-13/h3-10,12H,1-2H3,(H,21,22). The predicted molar refractivity (Wildman–Crippen MR) is 94.6 cm³/mol. The number of amides is 1. The first-order valence-electron chi connectivity index (χ1n) is 7.55. The van der Waals surface area contributed by atoms with E-state index in [-0.39, 0.29) is 11.6 Å². The van der Waals surface area contributed by atoms with Gasteiger partial charge in [-0.1, -0.05) is 41.9 Å². The molecule has 0 spiro atoms. The Kier molecular flexibility index (Phi) is 4.40. The number of nitrogens with one attached hydrogen (secondary N) is 1. The molecular formula is C19H16ClNO3. The Morgan fingerprint density at radius 2 is 1.88 bits per heavy atom. The van der Waals surface area contributed by atoms with Crippen LogP contribution in [0.3, 0.4) is 0 Å². The van der Waals surface area contributed by atoms with E-state index in [0.29, 0.717) is 10.6 Å². The van der Waals surface area contributed by atoms with Crippen molar-refractivity contribution in [3.05, 3.63) is 80.7 Å². The van der Waals surface area contributed by atoms with Crippen LogP contribution in [-0.2, 0) is 0 Å². The Balaban J connectivity index is 1.90. The molecule has 122 valence electrons. The highest BCUT2D eigenvalue weighted by Gasteiger charge is 2.17. The number of hydrogen-bond donors (Lipinski definition) is 1. The number of halogens is 1. The van der Waals surface area contributed by atoms with Crippen molar-refractivity contribution in [2.24, 2.45) is 0 Å². The maximum atomic E-state index is 12.4. The average molecular weight is 342 g/mol. The van der Waals surface area contributed by atoms with E-state index in [1.165, 1.54) is 0 Å². The smallest absolute Gasteiger partial charge is 0.349 e. The van der Waals surface area contributed by atoms with Gasteiger partial charge in [0.1, 0.15) is 11.1 Å². The third-order valence-electron chi connectivity index (χ3n) is 3.92. The Labute approximate surface area is 144 Å². The maximum Gasteiger partial charge on any atom is 0.349 e. The summed E-state index contributed by atoms with van der Waals surface area (Å²) >= 11 is 5.87. The molecule has 2 aromatic carbocycles. The van der Waals surface area contributed by atoms with E-state index in [4.69, 9.17) is 16.0 Å². The molecule has 0 bridgehead atoms. The molecule has 0 saturated carbocycles. The summed E-state index contributed by atoms with van der Waals surface area (Å²) in [5.74, 6) is -0.463. The molecule has 1 N–H and O–H groups in total. The first kappa shape index (κ1) is 16.3. The van der Waals surface area contributed by atoms with Crippen LogP contribution in [0.1, 0.15) is 34.5 Å². The molecule has 0 aliphatic heterocycles. The Morgan fingerprint density at radius 3 is 2.58 bits per heavy atom. The van der Waals surface area contributed by atoms with Crippen LogP contribution in [0.2, 0.25) is 5.02 Å². The molecule has 0 fully saturated rings. The van der Waals surface area contributed by atoms with Gasteiger partial charge in [0, 0.05) is 10.4 Å². The van der Waals surface area contributed by atoms with Gasteiger partial charge < -0.3 is 9.73 Å². The second kappa shape index (κ2) is 6.49. The van der Waals surface area contributed by atoms with E-state index in [1.54, 1.807) is 18.2 Å². The number of fused-ring (bicyclic) bond motifs is 1. The molecule has 1 aromatic heterocycles. The summed E-state index contributed by atoms with van der Waals surface area (Å²) in [5.41, 5.74) is 1.61. The first-order valence-corrected chi connectivity index (χ1v) is 7.93. The molecule has 5 heteroatoms. The quantitative estimate of drug-likeness (QED) is 0.725. The van der Waals surface area contributed by atoms with Gasteiger partial charge in [0.25, 0.3) is 5.91 Å². The van der Waals surface area contributed by atoms with E-state index in [0.717, 1.165) is 16.5 Å². The lowest BCUT2D eigenvalue weighted by molar-refractivity contribution is 0.0936. The highest BCUT2D eigenvalue weighted by Crippen LogP contribution is 2.19. The average Bonchev–Trinajstić information content (AvgIpc) is 2.55. The monoisotopic (exact) mass is 341 g/mol. The molecule has 0 aliphatic rings. The number of rotatable bonds is 3. The van der Waals surface area contributed by atoms with Crippen molar-refractivity contribution in [2.75, 3.05) is 0 Å². The van der Waals surface area contributed by atoms with Crippen LogP contribution in [0.5, 0.6) is 0 Å². The summed E-state index contributed by atoms with van der Waals surface area (Å²) in [6.45, 7) is 3.70. The third kappa shape index (κ3) is 3.19. The van der Waals surface area contributed by atoms with Crippen molar-refractivity contribution in [2.45, 2.75) is 19.9 Å². The summed E-state index contributed by atoms with van der Waals surface area (Å²) in [6, 6.07) is 14.0. The van der Waals surface area contributed by atoms with Crippen molar-refractivity contribution < 1.29 is 9.21 Å². The minimum atomic E-state index is -0.641. The summed E-state index contributed by atoms with van der Waals surface area (Å²) in [6.07, 6.45) is 0. The van der Waals surface area contributed by atoms with E-state index < -0.39 is 11.5 Å². The van der Waals surface area contributed by atoms with Crippen molar-refractivity contribution >= 4 is 28.5 Å². The van der Waals surface area contributed by atoms with Crippen LogP contribution in [-0.4, -0.2) is 5.91 Å². The predicted octanol–water partition coefficient (Wildman–Crippen LogP) is 4.25. The zero-order chi connectivity index (χ0) is 17.3. The minimum Gasteiger partial charge on any atom is -0.422 e. The summed E-state index contributed by atoms with van der Waals surface area (Å²) in [7, 11) is 0. The van der Waals surface area contributed by atoms with Crippen LogP contribution in [0.4, 0.5) is 0 Å². The fourth-order valence-electron chi connectivity index (χ4n) is 2.56. The van der Waals surface area contributed by atoms with E-state index >= 15 is 0 Å². The molecule has 0 aliphatic carbocycles. The normalized spacial score (nSPS) is 12.1. The van der Waals surface area contributed by atoms with Crippen LogP contribution in [0.15, 0.2) is 57.7 Å². The van der Waals surface area contributed by atoms with Crippen molar-refractivity contribution in [1.29, 1.82) is 0 Å². The minimum absolute atomic E-state index is 0.00564. The maximum absolute atomic E-state index is 12.4. The number of carbonyl (C=O) groups is 1. The highest BCUT2D eigenvalue weighted by atomic mass is 35.5. The van der Waals surface area contributed by atoms with Crippen LogP contribution in [0, 0.1) is 6.92 Å². The summed E-state index contributed by atoms with van der Waals surface area (Å²) < 4.78 is 5.31. The third-order valence-corrected chi connectivity index (χ3v) is 4.17. The van der Waals surface area contributed by atoms with Crippen LogP contribution < -0.4 is 10.9 Å². The molecule has 3 rings (SSSR count). The highest BCUT2D eigenvalue weighted by molar-refractivity contribution is 6.30. The van der Waals surface area contributed by atoms with Gasteiger partial charge in [-0.05, 0) is 43.2 Å². The lowest BCUT2D eigenvalue weighted by Crippen LogP contribution is -2.30. The SMILES string of the molecule is Cc1cccc2cc(C(=O)NC(C)c3ccc(Cl)cc3)c(=O)oc12. The van der Waals surface area contributed by atoms with Crippen LogP contribution in [0.25, 0.3) is 11.0 Å². The first-order chi connectivity index (χ1) is 11.5. The molecule has 1 heterocycles. The molecule has 24 heavy (non-hydrogen) atoms. The fourth-order valence-corrected chi connectivity index (χ4v) is 2.68.